The summed E-state index contributed by atoms with van der Waals surface area (Å²) in [5, 5.41) is 4.06. The van der Waals surface area contributed by atoms with Gasteiger partial charge in [-0.05, 0) is 43.2 Å². The maximum absolute atomic E-state index is 13.0. The van der Waals surface area contributed by atoms with Crippen LogP contribution in [0.5, 0.6) is 0 Å². The summed E-state index contributed by atoms with van der Waals surface area (Å²) in [6.07, 6.45) is 0. The van der Waals surface area contributed by atoms with Gasteiger partial charge in [-0.3, -0.25) is 0 Å². The fourth-order valence-corrected chi connectivity index (χ4v) is 3.08. The summed E-state index contributed by atoms with van der Waals surface area (Å²) in [5.41, 5.74) is 9.29. The van der Waals surface area contributed by atoms with Crippen LogP contribution >= 0.6 is 11.3 Å². The minimum absolute atomic E-state index is 0.246. The number of anilines is 1. The van der Waals surface area contributed by atoms with Crippen molar-refractivity contribution in [2.24, 2.45) is 0 Å². The Morgan fingerprint density at radius 2 is 1.90 bits per heavy atom. The number of aryl methyl sites for hydroxylation is 2. The van der Waals surface area contributed by atoms with E-state index in [-0.39, 0.29) is 11.7 Å². The molecule has 0 saturated heterocycles. The largest absolute Gasteiger partial charge is 0.367 e. The highest BCUT2D eigenvalue weighted by Gasteiger charge is 2.19. The number of hydrogen-bond acceptors (Lipinski definition) is 4. The highest BCUT2D eigenvalue weighted by Crippen LogP contribution is 2.39. The molecule has 0 amide bonds. The molecule has 3 rings (SSSR count). The molecule has 2 aromatic heterocycles. The first kappa shape index (κ1) is 12.9. The van der Waals surface area contributed by atoms with Crippen molar-refractivity contribution >= 4 is 17.2 Å². The molecule has 20 heavy (non-hydrogen) atoms. The summed E-state index contributed by atoms with van der Waals surface area (Å²) >= 11 is 1.64. The van der Waals surface area contributed by atoms with Gasteiger partial charge < -0.3 is 10.3 Å². The highest BCUT2D eigenvalue weighted by molar-refractivity contribution is 7.15. The zero-order chi connectivity index (χ0) is 14.3. The van der Waals surface area contributed by atoms with E-state index >= 15 is 0 Å². The minimum Gasteiger partial charge on any atom is -0.367 e. The van der Waals surface area contributed by atoms with Gasteiger partial charge in [0.25, 0.3) is 0 Å². The molecule has 0 aliphatic carbocycles. The summed E-state index contributed by atoms with van der Waals surface area (Å²) in [5.74, 6) is -0.0385. The molecule has 0 unspecified atom stereocenters. The molecule has 0 radical (unpaired) electrons. The van der Waals surface area contributed by atoms with Crippen molar-refractivity contribution in [2.45, 2.75) is 13.8 Å². The van der Waals surface area contributed by atoms with Crippen LogP contribution in [0, 0.1) is 19.7 Å². The topological polar surface area (TPSA) is 52.0 Å². The van der Waals surface area contributed by atoms with Crippen LogP contribution < -0.4 is 5.73 Å². The van der Waals surface area contributed by atoms with E-state index in [1.54, 1.807) is 23.5 Å². The van der Waals surface area contributed by atoms with Crippen molar-refractivity contribution < 1.29 is 8.91 Å². The second kappa shape index (κ2) is 4.76. The van der Waals surface area contributed by atoms with E-state index in [4.69, 9.17) is 10.3 Å². The fourth-order valence-electron chi connectivity index (χ4n) is 2.06. The first-order valence-electron chi connectivity index (χ1n) is 6.14. The zero-order valence-electron chi connectivity index (χ0n) is 11.1. The Kier molecular flexibility index (Phi) is 3.06. The van der Waals surface area contributed by atoms with Crippen molar-refractivity contribution in [1.82, 2.24) is 5.16 Å². The van der Waals surface area contributed by atoms with E-state index in [9.17, 15) is 4.39 Å². The van der Waals surface area contributed by atoms with Crippen molar-refractivity contribution in [3.05, 3.63) is 46.6 Å². The Hall–Kier alpha value is -2.14. The molecule has 2 N–H and O–H groups in total. The standard InChI is InChI=1S/C15H13FN2OS/c1-8-7-12(20-9(8)2)14-13(15(17)19-18-14)10-3-5-11(16)6-4-10/h3-7H,17H2,1-2H3. The number of benzene rings is 1. The monoisotopic (exact) mass is 288 g/mol. The molecule has 0 atom stereocenters. The van der Waals surface area contributed by atoms with Gasteiger partial charge in [-0.25, -0.2) is 4.39 Å². The lowest BCUT2D eigenvalue weighted by atomic mass is 10.0. The molecule has 0 spiro atoms. The van der Waals surface area contributed by atoms with Crippen LogP contribution in [0.1, 0.15) is 10.4 Å². The third-order valence-electron chi connectivity index (χ3n) is 3.25. The lowest BCUT2D eigenvalue weighted by Crippen LogP contribution is -1.87. The molecule has 102 valence electrons. The Morgan fingerprint density at radius 1 is 1.20 bits per heavy atom. The van der Waals surface area contributed by atoms with E-state index in [1.807, 2.05) is 0 Å². The fraction of sp³-hybridized carbons (Fsp3) is 0.133. The molecule has 0 aliphatic rings. The summed E-state index contributed by atoms with van der Waals surface area (Å²) < 4.78 is 18.2. The van der Waals surface area contributed by atoms with Crippen molar-refractivity contribution in [2.75, 3.05) is 5.73 Å². The van der Waals surface area contributed by atoms with E-state index < -0.39 is 0 Å². The smallest absolute Gasteiger partial charge is 0.230 e. The maximum Gasteiger partial charge on any atom is 0.230 e. The average molecular weight is 288 g/mol. The van der Waals surface area contributed by atoms with Gasteiger partial charge in [-0.15, -0.1) is 11.3 Å². The quantitative estimate of drug-likeness (QED) is 0.760. The molecular formula is C15H13FN2OS. The zero-order valence-corrected chi connectivity index (χ0v) is 11.9. The molecule has 0 bridgehead atoms. The number of nitrogens with two attached hydrogens (primary N) is 1. The van der Waals surface area contributed by atoms with E-state index in [2.05, 4.69) is 25.1 Å². The van der Waals surface area contributed by atoms with Crippen molar-refractivity contribution in [3.63, 3.8) is 0 Å². The van der Waals surface area contributed by atoms with E-state index in [0.29, 0.717) is 11.3 Å². The van der Waals surface area contributed by atoms with Crippen molar-refractivity contribution in [3.8, 4) is 21.7 Å². The molecule has 1 aromatic carbocycles. The van der Waals surface area contributed by atoms with Gasteiger partial charge in [-0.1, -0.05) is 17.3 Å². The molecule has 0 saturated carbocycles. The summed E-state index contributed by atoms with van der Waals surface area (Å²) in [6.45, 7) is 4.11. The molecule has 2 heterocycles. The highest BCUT2D eigenvalue weighted by atomic mass is 32.1. The van der Waals surface area contributed by atoms with Gasteiger partial charge >= 0.3 is 0 Å². The number of rotatable bonds is 2. The Morgan fingerprint density at radius 3 is 2.50 bits per heavy atom. The van der Waals surface area contributed by atoms with E-state index in [0.717, 1.165) is 10.4 Å². The third-order valence-corrected chi connectivity index (χ3v) is 4.41. The Balaban J connectivity index is 2.16. The van der Waals surface area contributed by atoms with Crippen LogP contribution in [0.25, 0.3) is 21.7 Å². The van der Waals surface area contributed by atoms with Gasteiger partial charge in [0, 0.05) is 4.88 Å². The van der Waals surface area contributed by atoms with Crippen molar-refractivity contribution in [1.29, 1.82) is 0 Å². The maximum atomic E-state index is 13.0. The number of halogens is 1. The van der Waals surface area contributed by atoms with Crippen LogP contribution in [-0.4, -0.2) is 5.16 Å². The lowest BCUT2D eigenvalue weighted by molar-refractivity contribution is 0.439. The second-order valence-corrected chi connectivity index (χ2v) is 5.88. The number of thiophene rings is 1. The van der Waals surface area contributed by atoms with Crippen LogP contribution in [0.2, 0.25) is 0 Å². The summed E-state index contributed by atoms with van der Waals surface area (Å²) in [7, 11) is 0. The van der Waals surface area contributed by atoms with Gasteiger partial charge in [0.2, 0.25) is 5.88 Å². The molecule has 3 nitrogen and oxygen atoms in total. The van der Waals surface area contributed by atoms with Gasteiger partial charge in [0.15, 0.2) is 0 Å². The lowest BCUT2D eigenvalue weighted by Gasteiger charge is -2.01. The SMILES string of the molecule is Cc1cc(-c2noc(N)c2-c2ccc(F)cc2)sc1C. The molecule has 5 heteroatoms. The minimum atomic E-state index is -0.284. The van der Waals surface area contributed by atoms with E-state index in [1.165, 1.54) is 22.6 Å². The summed E-state index contributed by atoms with van der Waals surface area (Å²) in [4.78, 5) is 2.23. The predicted molar refractivity (Wildman–Crippen MR) is 79.1 cm³/mol. The third kappa shape index (κ3) is 2.10. The summed E-state index contributed by atoms with van der Waals surface area (Å²) in [6, 6.07) is 8.21. The normalized spacial score (nSPS) is 10.9. The van der Waals surface area contributed by atoms with Crippen LogP contribution in [0.15, 0.2) is 34.9 Å². The van der Waals surface area contributed by atoms with Crippen LogP contribution in [0.4, 0.5) is 10.3 Å². The number of nitrogen functional groups attached to an aromatic ring is 1. The molecular weight excluding hydrogens is 275 g/mol. The average Bonchev–Trinajstić information content (AvgIpc) is 2.95. The van der Waals surface area contributed by atoms with Gasteiger partial charge in [0.05, 0.1) is 10.4 Å². The Bertz CT molecular complexity index is 739. The Labute approximate surface area is 119 Å². The van der Waals surface area contributed by atoms with Crippen LogP contribution in [0.3, 0.4) is 0 Å². The van der Waals surface area contributed by atoms with Crippen LogP contribution in [-0.2, 0) is 0 Å². The van der Waals surface area contributed by atoms with Gasteiger partial charge in [0.1, 0.15) is 11.5 Å². The number of hydrogen-bond donors (Lipinski definition) is 1. The number of nitrogens with zero attached hydrogens (tertiary/aromatic N) is 1. The first-order valence-corrected chi connectivity index (χ1v) is 6.96. The first-order chi connectivity index (χ1) is 9.56. The molecule has 0 fully saturated rings. The van der Waals surface area contributed by atoms with Gasteiger partial charge in [-0.2, -0.15) is 0 Å². The second-order valence-electron chi connectivity index (χ2n) is 4.63. The number of aromatic nitrogens is 1. The molecule has 3 aromatic rings. The predicted octanol–water partition coefficient (Wildman–Crippen LogP) is 4.41. The molecule has 0 aliphatic heterocycles.